The number of aryl methyl sites for hydroxylation is 2. The van der Waals surface area contributed by atoms with Gasteiger partial charge in [0.05, 0.1) is 0 Å². The Morgan fingerprint density at radius 2 is 1.92 bits per heavy atom. The van der Waals surface area contributed by atoms with Crippen LogP contribution < -0.4 is 0 Å². The van der Waals surface area contributed by atoms with Crippen LogP contribution in [0.5, 0.6) is 0 Å². The monoisotopic (exact) mass is 184 g/mol. The number of hydrogen-bond donors (Lipinski definition) is 1. The summed E-state index contributed by atoms with van der Waals surface area (Å²) in [5.41, 5.74) is 1.57. The van der Waals surface area contributed by atoms with Crippen LogP contribution in [0.4, 0.5) is 4.79 Å². The van der Waals surface area contributed by atoms with Crippen LogP contribution in [-0.2, 0) is 0 Å². The molecule has 1 heterocycles. The second kappa shape index (κ2) is 3.53. The van der Waals surface area contributed by atoms with Crippen LogP contribution in [-0.4, -0.2) is 20.4 Å². The summed E-state index contributed by atoms with van der Waals surface area (Å²) in [6.45, 7) is 3.61. The van der Waals surface area contributed by atoms with Gasteiger partial charge >= 0.3 is 5.30 Å². The van der Waals surface area contributed by atoms with Gasteiger partial charge in [-0.25, -0.2) is 14.8 Å². The van der Waals surface area contributed by atoms with E-state index in [2.05, 4.69) is 9.97 Å². The first-order valence-electron chi connectivity index (χ1n) is 3.31. The topological polar surface area (TPSA) is 63.1 Å². The molecule has 0 fully saturated rings. The van der Waals surface area contributed by atoms with Gasteiger partial charge in [-0.3, -0.25) is 0 Å². The standard InChI is InChI=1S/C7H8N2O2S/c1-4-3-5(2)9-6(8-4)12-7(10)11/h3H,1-2H3,(H,10,11). The molecule has 0 radical (unpaired) electrons. The minimum absolute atomic E-state index is 0.292. The molecule has 1 aromatic rings. The highest BCUT2D eigenvalue weighted by Crippen LogP contribution is 2.13. The molecular formula is C7H8N2O2S. The fourth-order valence-corrected chi connectivity index (χ4v) is 1.35. The summed E-state index contributed by atoms with van der Waals surface area (Å²) in [6.07, 6.45) is 0. The van der Waals surface area contributed by atoms with E-state index in [0.29, 0.717) is 16.9 Å². The highest BCUT2D eigenvalue weighted by Gasteiger charge is 2.05. The van der Waals surface area contributed by atoms with Crippen LogP contribution in [0.2, 0.25) is 0 Å². The van der Waals surface area contributed by atoms with Crippen molar-refractivity contribution in [3.63, 3.8) is 0 Å². The van der Waals surface area contributed by atoms with Crippen LogP contribution in [0.25, 0.3) is 0 Å². The summed E-state index contributed by atoms with van der Waals surface area (Å²) >= 11 is 0.621. The highest BCUT2D eigenvalue weighted by atomic mass is 32.2. The quantitative estimate of drug-likeness (QED) is 0.533. The van der Waals surface area contributed by atoms with E-state index >= 15 is 0 Å². The van der Waals surface area contributed by atoms with Crippen molar-refractivity contribution in [3.05, 3.63) is 17.5 Å². The normalized spacial score (nSPS) is 9.83. The van der Waals surface area contributed by atoms with Crippen LogP contribution in [0.3, 0.4) is 0 Å². The molecule has 12 heavy (non-hydrogen) atoms. The third-order valence-electron chi connectivity index (χ3n) is 1.14. The molecule has 0 bridgehead atoms. The fraction of sp³-hybridized carbons (Fsp3) is 0.286. The molecule has 64 valence electrons. The molecule has 1 aromatic heterocycles. The molecule has 0 amide bonds. The average Bonchev–Trinajstić information content (AvgIpc) is 1.81. The van der Waals surface area contributed by atoms with Crippen molar-refractivity contribution < 1.29 is 9.90 Å². The SMILES string of the molecule is Cc1cc(C)nc(SC(=O)O)n1. The molecule has 1 rings (SSSR count). The number of aromatic nitrogens is 2. The van der Waals surface area contributed by atoms with E-state index in [1.807, 2.05) is 0 Å². The van der Waals surface area contributed by atoms with E-state index in [-0.39, 0.29) is 0 Å². The number of thioether (sulfide) groups is 1. The van der Waals surface area contributed by atoms with E-state index < -0.39 is 5.30 Å². The second-order valence-electron chi connectivity index (χ2n) is 2.30. The number of carboxylic acid groups (broad SMARTS) is 1. The number of rotatable bonds is 1. The molecule has 0 atom stereocenters. The predicted molar refractivity (Wildman–Crippen MR) is 45.4 cm³/mol. The van der Waals surface area contributed by atoms with E-state index in [4.69, 9.17) is 5.11 Å². The summed E-state index contributed by atoms with van der Waals surface area (Å²) in [5, 5.41) is 7.74. The van der Waals surface area contributed by atoms with E-state index in [9.17, 15) is 4.79 Å². The Morgan fingerprint density at radius 1 is 1.42 bits per heavy atom. The molecule has 0 aromatic carbocycles. The first kappa shape index (κ1) is 8.99. The van der Waals surface area contributed by atoms with E-state index in [1.54, 1.807) is 19.9 Å². The zero-order chi connectivity index (χ0) is 9.14. The van der Waals surface area contributed by atoms with Gasteiger partial charge in [0.15, 0.2) is 5.16 Å². The summed E-state index contributed by atoms with van der Waals surface area (Å²) in [4.78, 5) is 18.2. The van der Waals surface area contributed by atoms with Gasteiger partial charge in [0, 0.05) is 23.1 Å². The highest BCUT2D eigenvalue weighted by molar-refractivity contribution is 8.13. The summed E-state index contributed by atoms with van der Waals surface area (Å²) in [7, 11) is 0. The van der Waals surface area contributed by atoms with Crippen molar-refractivity contribution >= 4 is 17.1 Å². The summed E-state index contributed by atoms with van der Waals surface area (Å²) < 4.78 is 0. The Morgan fingerprint density at radius 3 is 2.33 bits per heavy atom. The zero-order valence-electron chi connectivity index (χ0n) is 6.74. The molecule has 0 saturated carbocycles. The van der Waals surface area contributed by atoms with Crippen LogP contribution in [0, 0.1) is 13.8 Å². The molecular weight excluding hydrogens is 176 g/mol. The summed E-state index contributed by atoms with van der Waals surface area (Å²) in [6, 6.07) is 1.80. The Hall–Kier alpha value is -1.10. The second-order valence-corrected chi connectivity index (χ2v) is 3.22. The van der Waals surface area contributed by atoms with Crippen molar-refractivity contribution in [2.24, 2.45) is 0 Å². The Kier molecular flexibility index (Phi) is 2.65. The minimum Gasteiger partial charge on any atom is -0.473 e. The first-order valence-corrected chi connectivity index (χ1v) is 4.12. The van der Waals surface area contributed by atoms with Gasteiger partial charge in [0.25, 0.3) is 0 Å². The van der Waals surface area contributed by atoms with Gasteiger partial charge in [-0.1, -0.05) is 0 Å². The molecule has 0 saturated heterocycles. The van der Waals surface area contributed by atoms with Crippen molar-refractivity contribution in [3.8, 4) is 0 Å². The van der Waals surface area contributed by atoms with E-state index in [0.717, 1.165) is 11.4 Å². The maximum absolute atomic E-state index is 10.3. The van der Waals surface area contributed by atoms with Crippen molar-refractivity contribution in [1.29, 1.82) is 0 Å². The first-order chi connectivity index (χ1) is 5.58. The smallest absolute Gasteiger partial charge is 0.372 e. The van der Waals surface area contributed by atoms with Crippen LogP contribution >= 0.6 is 11.8 Å². The van der Waals surface area contributed by atoms with E-state index in [1.165, 1.54) is 0 Å². The van der Waals surface area contributed by atoms with Gasteiger partial charge in [-0.15, -0.1) is 0 Å². The molecule has 0 aliphatic rings. The molecule has 0 unspecified atom stereocenters. The maximum atomic E-state index is 10.3. The lowest BCUT2D eigenvalue weighted by atomic mass is 10.4. The van der Waals surface area contributed by atoms with Crippen molar-refractivity contribution in [1.82, 2.24) is 9.97 Å². The van der Waals surface area contributed by atoms with Crippen LogP contribution in [0.15, 0.2) is 11.2 Å². The molecule has 4 nitrogen and oxygen atoms in total. The predicted octanol–water partition coefficient (Wildman–Crippen LogP) is 1.86. The molecule has 1 N–H and O–H groups in total. The van der Waals surface area contributed by atoms with Gasteiger partial charge in [0.1, 0.15) is 0 Å². The fourth-order valence-electron chi connectivity index (χ4n) is 0.817. The molecule has 0 aliphatic heterocycles. The largest absolute Gasteiger partial charge is 0.473 e. The minimum atomic E-state index is -0.986. The lowest BCUT2D eigenvalue weighted by molar-refractivity contribution is 0.222. The van der Waals surface area contributed by atoms with Crippen molar-refractivity contribution in [2.75, 3.05) is 0 Å². The third-order valence-corrected chi connectivity index (χ3v) is 1.68. The number of carbonyl (C=O) groups is 1. The Bertz CT molecular complexity index is 294. The zero-order valence-corrected chi connectivity index (χ0v) is 7.55. The molecule has 0 aliphatic carbocycles. The Labute approximate surface area is 74.0 Å². The number of nitrogens with zero attached hydrogens (tertiary/aromatic N) is 2. The van der Waals surface area contributed by atoms with Crippen LogP contribution in [0.1, 0.15) is 11.4 Å². The number of hydrogen-bond acceptors (Lipinski definition) is 4. The summed E-state index contributed by atoms with van der Waals surface area (Å²) in [5.74, 6) is 0. The van der Waals surface area contributed by atoms with Crippen molar-refractivity contribution in [2.45, 2.75) is 19.0 Å². The van der Waals surface area contributed by atoms with Gasteiger partial charge in [-0.2, -0.15) is 0 Å². The third kappa shape index (κ3) is 2.50. The van der Waals surface area contributed by atoms with Gasteiger partial charge in [0.2, 0.25) is 0 Å². The lowest BCUT2D eigenvalue weighted by Crippen LogP contribution is -1.95. The average molecular weight is 184 g/mol. The maximum Gasteiger partial charge on any atom is 0.372 e. The Balaban J connectivity index is 2.93. The van der Waals surface area contributed by atoms with Gasteiger partial charge < -0.3 is 5.11 Å². The lowest BCUT2D eigenvalue weighted by Gasteiger charge is -1.98. The molecule has 5 heteroatoms. The van der Waals surface area contributed by atoms with Gasteiger partial charge in [-0.05, 0) is 19.9 Å². The molecule has 0 spiro atoms.